The molecule has 0 saturated carbocycles. The van der Waals surface area contributed by atoms with Gasteiger partial charge < -0.3 is 0 Å². The van der Waals surface area contributed by atoms with Crippen molar-refractivity contribution in [3.8, 4) is 84.5 Å². The van der Waals surface area contributed by atoms with Gasteiger partial charge in [-0.15, -0.1) is 11.3 Å². The second-order valence-corrected chi connectivity index (χ2v) is 15.1. The average Bonchev–Trinajstić information content (AvgIpc) is 3.67. The van der Waals surface area contributed by atoms with Crippen LogP contribution >= 0.6 is 11.3 Å². The molecule has 266 valence electrons. The molecule has 0 saturated heterocycles. The highest BCUT2D eigenvalue weighted by molar-refractivity contribution is 7.25. The number of pyridine rings is 1. The molecule has 10 aromatic rings. The minimum absolute atomic E-state index is 0.675. The van der Waals surface area contributed by atoms with E-state index in [1.807, 2.05) is 48.7 Å². The maximum absolute atomic E-state index is 9.41. The summed E-state index contributed by atoms with van der Waals surface area (Å²) in [7, 11) is 0. The first-order chi connectivity index (χ1) is 28.1. The molecule has 3 heterocycles. The van der Waals surface area contributed by atoms with Crippen molar-refractivity contribution in [2.45, 2.75) is 0 Å². The Hall–Kier alpha value is -7.52. The molecule has 7 aromatic carbocycles. The van der Waals surface area contributed by atoms with Crippen molar-refractivity contribution in [1.82, 2.24) is 15.0 Å². The molecule has 4 nitrogen and oxygen atoms in total. The van der Waals surface area contributed by atoms with Gasteiger partial charge in [0, 0.05) is 54.8 Å². The van der Waals surface area contributed by atoms with Crippen LogP contribution < -0.4 is 0 Å². The summed E-state index contributed by atoms with van der Waals surface area (Å²) in [6.07, 6.45) is 3.71. The van der Waals surface area contributed by atoms with Gasteiger partial charge in [-0.2, -0.15) is 5.26 Å². The summed E-state index contributed by atoms with van der Waals surface area (Å²) in [6.45, 7) is 0. The van der Waals surface area contributed by atoms with Crippen molar-refractivity contribution in [2.75, 3.05) is 0 Å². The predicted octanol–water partition coefficient (Wildman–Crippen LogP) is 13.8. The number of aromatic nitrogens is 3. The van der Waals surface area contributed by atoms with E-state index in [-0.39, 0.29) is 0 Å². The molecule has 0 bridgehead atoms. The molecule has 0 aliphatic carbocycles. The molecule has 0 unspecified atom stereocenters. The van der Waals surface area contributed by atoms with E-state index in [2.05, 4.69) is 151 Å². The van der Waals surface area contributed by atoms with Crippen molar-refractivity contribution >= 4 is 31.5 Å². The number of rotatable bonds is 7. The zero-order valence-corrected chi connectivity index (χ0v) is 31.5. The number of thiophene rings is 1. The Morgan fingerprint density at radius 3 is 1.56 bits per heavy atom. The fourth-order valence-electron chi connectivity index (χ4n) is 7.45. The largest absolute Gasteiger partial charge is 0.264 e. The zero-order valence-electron chi connectivity index (χ0n) is 30.7. The smallest absolute Gasteiger partial charge is 0.160 e. The van der Waals surface area contributed by atoms with E-state index in [1.54, 1.807) is 17.5 Å². The van der Waals surface area contributed by atoms with Gasteiger partial charge in [0.25, 0.3) is 0 Å². The van der Waals surface area contributed by atoms with Crippen molar-refractivity contribution in [2.24, 2.45) is 0 Å². The molecule has 3 aromatic heterocycles. The van der Waals surface area contributed by atoms with Crippen LogP contribution in [0.2, 0.25) is 0 Å². The normalized spacial score (nSPS) is 11.1. The van der Waals surface area contributed by atoms with E-state index in [0.29, 0.717) is 11.4 Å². The fraction of sp³-hybridized carbons (Fsp3) is 0. The molecule has 0 aliphatic heterocycles. The highest BCUT2D eigenvalue weighted by atomic mass is 32.1. The molecule has 0 amide bonds. The summed E-state index contributed by atoms with van der Waals surface area (Å²) >= 11 is 1.73. The highest BCUT2D eigenvalue weighted by Gasteiger charge is 2.15. The number of nitriles is 1. The van der Waals surface area contributed by atoms with Crippen molar-refractivity contribution < 1.29 is 0 Å². The minimum atomic E-state index is 0.675. The summed E-state index contributed by atoms with van der Waals surface area (Å²) in [5.74, 6) is 0.675. The topological polar surface area (TPSA) is 62.5 Å². The first-order valence-electron chi connectivity index (χ1n) is 18.8. The maximum Gasteiger partial charge on any atom is 0.160 e. The third kappa shape index (κ3) is 6.76. The van der Waals surface area contributed by atoms with Crippen LogP contribution in [0, 0.1) is 11.3 Å². The molecule has 0 radical (unpaired) electrons. The van der Waals surface area contributed by atoms with Gasteiger partial charge in [0.05, 0.1) is 23.0 Å². The number of benzene rings is 7. The lowest BCUT2D eigenvalue weighted by molar-refractivity contribution is 1.18. The number of hydrogen-bond donors (Lipinski definition) is 0. The van der Waals surface area contributed by atoms with Gasteiger partial charge in [-0.3, -0.25) is 4.98 Å². The molecular weight excluding hydrogens is 713 g/mol. The predicted molar refractivity (Wildman–Crippen MR) is 235 cm³/mol. The molecule has 0 N–H and O–H groups in total. The molecule has 5 heteroatoms. The monoisotopic (exact) mass is 744 g/mol. The summed E-state index contributed by atoms with van der Waals surface area (Å²) < 4.78 is 2.34. The minimum Gasteiger partial charge on any atom is -0.264 e. The zero-order chi connectivity index (χ0) is 38.1. The Morgan fingerprint density at radius 2 is 0.895 bits per heavy atom. The molecule has 0 aliphatic rings. The van der Waals surface area contributed by atoms with Crippen molar-refractivity contribution in [3.05, 3.63) is 200 Å². The van der Waals surface area contributed by atoms with Crippen LogP contribution in [-0.2, 0) is 0 Å². The van der Waals surface area contributed by atoms with Gasteiger partial charge in [0.15, 0.2) is 5.82 Å². The summed E-state index contributed by atoms with van der Waals surface area (Å²) in [5.41, 5.74) is 14.3. The maximum atomic E-state index is 9.41. The Labute approximate surface area is 334 Å². The molecule has 10 rings (SSSR count). The average molecular weight is 745 g/mol. The Balaban J connectivity index is 1.06. The van der Waals surface area contributed by atoms with Crippen LogP contribution in [0.3, 0.4) is 0 Å². The second-order valence-electron chi connectivity index (χ2n) is 14.0. The first kappa shape index (κ1) is 34.0. The van der Waals surface area contributed by atoms with E-state index in [4.69, 9.17) is 9.97 Å². The van der Waals surface area contributed by atoms with Crippen LogP contribution in [0.15, 0.2) is 194 Å². The van der Waals surface area contributed by atoms with Gasteiger partial charge in [0.2, 0.25) is 0 Å². The number of nitrogens with zero attached hydrogens (tertiary/aromatic N) is 4. The van der Waals surface area contributed by atoms with E-state index >= 15 is 0 Å². The van der Waals surface area contributed by atoms with E-state index in [9.17, 15) is 5.26 Å². The van der Waals surface area contributed by atoms with Crippen LogP contribution in [-0.4, -0.2) is 15.0 Å². The lowest BCUT2D eigenvalue weighted by Crippen LogP contribution is -1.96. The third-order valence-electron chi connectivity index (χ3n) is 10.4. The summed E-state index contributed by atoms with van der Waals surface area (Å²) in [4.78, 5) is 14.8. The third-order valence-corrected chi connectivity index (χ3v) is 11.5. The van der Waals surface area contributed by atoms with Gasteiger partial charge in [-0.25, -0.2) is 9.97 Å². The summed E-state index contributed by atoms with van der Waals surface area (Å²) in [5, 5.41) is 11.8. The van der Waals surface area contributed by atoms with Crippen LogP contribution in [0.25, 0.3) is 98.6 Å². The summed E-state index contributed by atoms with van der Waals surface area (Å²) in [6, 6.07) is 65.7. The van der Waals surface area contributed by atoms with Gasteiger partial charge in [0.1, 0.15) is 0 Å². The van der Waals surface area contributed by atoms with E-state index in [0.717, 1.165) is 71.7 Å². The van der Waals surface area contributed by atoms with Crippen molar-refractivity contribution in [1.29, 1.82) is 5.26 Å². The second kappa shape index (κ2) is 14.6. The first-order valence-corrected chi connectivity index (χ1v) is 19.6. The SMILES string of the molecule is N#Cc1ccc2c(c1)sc1cc(-c3ccc(-c4cc(-c5cccnc5)cc(-c5cc(-c6ccc(-c7ccccc7)cc6)nc(-c6ccccc6)n5)c4)cc3)ccc12. The molecular formula is C52H32N4S. The van der Waals surface area contributed by atoms with Gasteiger partial charge >= 0.3 is 0 Å². The van der Waals surface area contributed by atoms with E-state index < -0.39 is 0 Å². The number of hydrogen-bond acceptors (Lipinski definition) is 5. The Morgan fingerprint density at radius 1 is 0.386 bits per heavy atom. The molecule has 0 atom stereocenters. The van der Waals surface area contributed by atoms with Gasteiger partial charge in [-0.1, -0.05) is 133 Å². The lowest BCUT2D eigenvalue weighted by atomic mass is 9.94. The fourth-order valence-corrected chi connectivity index (χ4v) is 8.63. The van der Waals surface area contributed by atoms with Crippen LogP contribution in [0.1, 0.15) is 5.56 Å². The Bertz CT molecular complexity index is 3100. The number of fused-ring (bicyclic) bond motifs is 3. The van der Waals surface area contributed by atoms with Crippen LogP contribution in [0.5, 0.6) is 0 Å². The molecule has 0 fully saturated rings. The lowest BCUT2D eigenvalue weighted by Gasteiger charge is -2.14. The standard InChI is InChI=1S/C52H32N4S/c53-32-34-13-23-46-47-24-22-41(30-51(47)57-50(46)26-34)37-14-16-38(17-15-37)43-27-44(42-12-7-25-54-33-42)29-45(28-43)49-31-48(55-52(56-49)40-10-5-2-6-11-40)39-20-18-36(19-21-39)35-8-3-1-4-9-35/h1-31,33H. The van der Waals surface area contributed by atoms with Crippen molar-refractivity contribution in [3.63, 3.8) is 0 Å². The Kier molecular flexibility index (Phi) is 8.72. The molecule has 0 spiro atoms. The van der Waals surface area contributed by atoms with E-state index in [1.165, 1.54) is 21.0 Å². The molecule has 57 heavy (non-hydrogen) atoms. The van der Waals surface area contributed by atoms with Gasteiger partial charge in [-0.05, 0) is 87.5 Å². The quantitative estimate of drug-likeness (QED) is 0.163. The van der Waals surface area contributed by atoms with Crippen LogP contribution in [0.4, 0.5) is 0 Å². The highest BCUT2D eigenvalue weighted by Crippen LogP contribution is 2.39.